The zero-order valence-electron chi connectivity index (χ0n) is 14.6. The number of benzene rings is 1. The summed E-state index contributed by atoms with van der Waals surface area (Å²) in [7, 11) is 0. The minimum absolute atomic E-state index is 0. The third-order valence-electron chi connectivity index (χ3n) is 3.34. The van der Waals surface area contributed by atoms with Gasteiger partial charge in [0.2, 0.25) is 0 Å². The number of rotatable bonds is 8. The van der Waals surface area contributed by atoms with Crippen molar-refractivity contribution in [1.82, 2.24) is 16.0 Å². The van der Waals surface area contributed by atoms with Crippen molar-refractivity contribution in [2.45, 2.75) is 19.9 Å². The Labute approximate surface area is 184 Å². The van der Waals surface area contributed by atoms with Gasteiger partial charge < -0.3 is 16.0 Å². The lowest BCUT2D eigenvalue weighted by atomic mass is 10.2. The lowest BCUT2D eigenvalue weighted by molar-refractivity contribution is 0.0953. The minimum atomic E-state index is -0.0560. The van der Waals surface area contributed by atoms with Crippen LogP contribution in [0, 0.1) is 0 Å². The monoisotopic (exact) mass is 550 g/mol. The van der Waals surface area contributed by atoms with Gasteiger partial charge in [0, 0.05) is 34.5 Å². The lowest BCUT2D eigenvalue weighted by Crippen LogP contribution is -2.38. The number of nitrogens with zero attached hydrogens (tertiary/aromatic N) is 1. The molecule has 0 saturated heterocycles. The molecule has 8 heteroatoms. The predicted molar refractivity (Wildman–Crippen MR) is 124 cm³/mol. The van der Waals surface area contributed by atoms with Gasteiger partial charge >= 0.3 is 0 Å². The topological polar surface area (TPSA) is 65.5 Å². The molecule has 1 aromatic carbocycles. The second kappa shape index (κ2) is 13.1. The number of guanidine groups is 1. The first-order valence-corrected chi connectivity index (χ1v) is 9.94. The molecule has 0 atom stereocenters. The van der Waals surface area contributed by atoms with Gasteiger partial charge in [0.1, 0.15) is 0 Å². The smallest absolute Gasteiger partial charge is 0.251 e. The molecule has 5 nitrogen and oxygen atoms in total. The van der Waals surface area contributed by atoms with E-state index >= 15 is 0 Å². The van der Waals surface area contributed by atoms with E-state index in [1.807, 2.05) is 31.2 Å². The Morgan fingerprint density at radius 3 is 2.65 bits per heavy atom. The maximum absolute atomic E-state index is 12.0. The number of nitrogens with one attached hydrogen (secondary N) is 3. The Kier molecular flexibility index (Phi) is 11.5. The lowest BCUT2D eigenvalue weighted by Gasteiger charge is -2.11. The van der Waals surface area contributed by atoms with Crippen LogP contribution >= 0.6 is 51.2 Å². The molecular formula is C18H24BrIN4OS. The zero-order chi connectivity index (χ0) is 17.9. The normalized spacial score (nSPS) is 10.8. The number of halogens is 2. The summed E-state index contributed by atoms with van der Waals surface area (Å²) in [5.74, 6) is 0.744. The van der Waals surface area contributed by atoms with Crippen molar-refractivity contribution in [2.24, 2.45) is 4.99 Å². The molecule has 0 aliphatic rings. The molecule has 0 radical (unpaired) electrons. The van der Waals surface area contributed by atoms with Crippen LogP contribution in [-0.2, 0) is 6.54 Å². The molecule has 1 amide bonds. The van der Waals surface area contributed by atoms with Crippen LogP contribution in [0.3, 0.4) is 0 Å². The van der Waals surface area contributed by atoms with Gasteiger partial charge in [0.15, 0.2) is 5.96 Å². The SMILES string of the molecule is CCNC(=NCc1cccs1)NCCCNC(=O)c1cccc(Br)c1.I. The Morgan fingerprint density at radius 2 is 1.96 bits per heavy atom. The molecule has 3 N–H and O–H groups in total. The standard InChI is InChI=1S/C18H23BrN4OS.HI/c1-2-20-18(23-13-16-8-4-11-25-16)22-10-5-9-21-17(24)14-6-3-7-15(19)12-14;/h3-4,6-8,11-12H,2,5,9-10,13H2,1H3,(H,21,24)(H2,20,22,23);1H. The van der Waals surface area contributed by atoms with E-state index in [0.717, 1.165) is 29.9 Å². The van der Waals surface area contributed by atoms with E-state index in [-0.39, 0.29) is 29.9 Å². The molecule has 1 heterocycles. The summed E-state index contributed by atoms with van der Waals surface area (Å²) in [4.78, 5) is 17.8. The Hall–Kier alpha value is -1.13. The fourth-order valence-electron chi connectivity index (χ4n) is 2.13. The van der Waals surface area contributed by atoms with E-state index in [2.05, 4.69) is 48.3 Å². The largest absolute Gasteiger partial charge is 0.357 e. The van der Waals surface area contributed by atoms with Crippen molar-refractivity contribution in [1.29, 1.82) is 0 Å². The third-order valence-corrected chi connectivity index (χ3v) is 4.69. The Bertz CT molecular complexity index is 694. The highest BCUT2D eigenvalue weighted by molar-refractivity contribution is 14.0. The molecule has 0 aliphatic heterocycles. The van der Waals surface area contributed by atoms with Crippen LogP contribution in [0.4, 0.5) is 0 Å². The van der Waals surface area contributed by atoms with Crippen LogP contribution in [-0.4, -0.2) is 31.5 Å². The number of hydrogen-bond acceptors (Lipinski definition) is 3. The summed E-state index contributed by atoms with van der Waals surface area (Å²) in [6.07, 6.45) is 0.823. The van der Waals surface area contributed by atoms with Crippen LogP contribution in [0.25, 0.3) is 0 Å². The van der Waals surface area contributed by atoms with Crippen molar-refractivity contribution >= 4 is 63.1 Å². The summed E-state index contributed by atoms with van der Waals surface area (Å²) < 4.78 is 0.902. The summed E-state index contributed by atoms with van der Waals surface area (Å²) in [6.45, 7) is 4.89. The molecular weight excluding hydrogens is 527 g/mol. The van der Waals surface area contributed by atoms with Crippen molar-refractivity contribution in [2.75, 3.05) is 19.6 Å². The minimum Gasteiger partial charge on any atom is -0.357 e. The molecule has 26 heavy (non-hydrogen) atoms. The number of aliphatic imine (C=N–C) groups is 1. The van der Waals surface area contributed by atoms with Gasteiger partial charge in [-0.1, -0.05) is 28.1 Å². The van der Waals surface area contributed by atoms with Crippen LogP contribution in [0.1, 0.15) is 28.6 Å². The predicted octanol–water partition coefficient (Wildman–Crippen LogP) is 4.00. The molecule has 0 saturated carbocycles. The van der Waals surface area contributed by atoms with E-state index in [1.165, 1.54) is 4.88 Å². The van der Waals surface area contributed by atoms with Gasteiger partial charge in [-0.3, -0.25) is 4.79 Å². The molecule has 2 aromatic rings. The maximum atomic E-state index is 12.0. The summed E-state index contributed by atoms with van der Waals surface area (Å²) in [5.41, 5.74) is 0.660. The average Bonchev–Trinajstić information content (AvgIpc) is 3.12. The maximum Gasteiger partial charge on any atom is 0.251 e. The van der Waals surface area contributed by atoms with Crippen LogP contribution < -0.4 is 16.0 Å². The Morgan fingerprint density at radius 1 is 1.15 bits per heavy atom. The van der Waals surface area contributed by atoms with E-state index in [0.29, 0.717) is 18.7 Å². The number of carbonyl (C=O) groups is 1. The molecule has 1 aromatic heterocycles. The summed E-state index contributed by atoms with van der Waals surface area (Å²) in [6, 6.07) is 11.5. The summed E-state index contributed by atoms with van der Waals surface area (Å²) >= 11 is 5.08. The van der Waals surface area contributed by atoms with Gasteiger partial charge in [-0.15, -0.1) is 35.3 Å². The van der Waals surface area contributed by atoms with E-state index in [4.69, 9.17) is 0 Å². The zero-order valence-corrected chi connectivity index (χ0v) is 19.4. The molecule has 0 aliphatic carbocycles. The molecule has 0 spiro atoms. The van der Waals surface area contributed by atoms with Gasteiger partial charge in [-0.25, -0.2) is 4.99 Å². The third kappa shape index (κ3) is 8.50. The first kappa shape index (κ1) is 22.9. The first-order chi connectivity index (χ1) is 12.2. The second-order valence-corrected chi connectivity index (χ2v) is 7.27. The highest BCUT2D eigenvalue weighted by atomic mass is 127. The Balaban J connectivity index is 0.00000338. The molecule has 142 valence electrons. The van der Waals surface area contributed by atoms with E-state index in [9.17, 15) is 4.79 Å². The van der Waals surface area contributed by atoms with Gasteiger partial charge in [0.25, 0.3) is 5.91 Å². The van der Waals surface area contributed by atoms with Crippen LogP contribution in [0.15, 0.2) is 51.2 Å². The average molecular weight is 551 g/mol. The van der Waals surface area contributed by atoms with Crippen molar-refractivity contribution in [3.8, 4) is 0 Å². The van der Waals surface area contributed by atoms with Gasteiger partial charge in [-0.05, 0) is 43.0 Å². The van der Waals surface area contributed by atoms with Crippen LogP contribution in [0.5, 0.6) is 0 Å². The highest BCUT2D eigenvalue weighted by Gasteiger charge is 2.04. The second-order valence-electron chi connectivity index (χ2n) is 5.32. The van der Waals surface area contributed by atoms with Crippen molar-refractivity contribution in [3.05, 3.63) is 56.7 Å². The van der Waals surface area contributed by atoms with Crippen molar-refractivity contribution < 1.29 is 4.79 Å². The van der Waals surface area contributed by atoms with Crippen LogP contribution in [0.2, 0.25) is 0 Å². The van der Waals surface area contributed by atoms with E-state index in [1.54, 1.807) is 17.4 Å². The highest BCUT2D eigenvalue weighted by Crippen LogP contribution is 2.11. The molecule has 0 unspecified atom stereocenters. The number of thiophene rings is 1. The fraction of sp³-hybridized carbons (Fsp3) is 0.333. The number of hydrogen-bond donors (Lipinski definition) is 3. The summed E-state index contributed by atoms with van der Waals surface area (Å²) in [5, 5.41) is 11.5. The first-order valence-electron chi connectivity index (χ1n) is 8.27. The van der Waals surface area contributed by atoms with E-state index < -0.39 is 0 Å². The van der Waals surface area contributed by atoms with Gasteiger partial charge in [0.05, 0.1) is 6.54 Å². The van der Waals surface area contributed by atoms with Gasteiger partial charge in [-0.2, -0.15) is 0 Å². The molecule has 0 fully saturated rings. The van der Waals surface area contributed by atoms with Crippen molar-refractivity contribution in [3.63, 3.8) is 0 Å². The fourth-order valence-corrected chi connectivity index (χ4v) is 3.16. The quantitative estimate of drug-likeness (QED) is 0.201. The molecule has 2 rings (SSSR count). The molecule has 0 bridgehead atoms. The number of carbonyl (C=O) groups excluding carboxylic acids is 1. The number of amides is 1.